The van der Waals surface area contributed by atoms with E-state index in [0.717, 1.165) is 6.42 Å². The van der Waals surface area contributed by atoms with Gasteiger partial charge in [-0.3, -0.25) is 0 Å². The zero-order valence-corrected chi connectivity index (χ0v) is 10.6. The topological polar surface area (TPSA) is 0 Å². The average Bonchev–Trinajstić information content (AvgIpc) is 2.54. The normalized spacial score (nSPS) is 13.2. The molecular weight excluding hydrogens is 224 g/mol. The Morgan fingerprint density at radius 3 is 1.60 bits per heavy atom. The minimum absolute atomic E-state index is 1.06. The van der Waals surface area contributed by atoms with E-state index in [4.69, 9.17) is 0 Å². The number of aryl methyl sites for hydroxylation is 3. The van der Waals surface area contributed by atoms with Gasteiger partial charge in [0.05, 0.1) is 0 Å². The number of rotatable bonds is 0. The van der Waals surface area contributed by atoms with Crippen LogP contribution in [0.5, 0.6) is 0 Å². The Balaban J connectivity index is 0.000000162. The van der Waals surface area contributed by atoms with Gasteiger partial charge < -0.3 is 0 Å². The number of benzene rings is 1. The molecular formula is C14H17Fe. The van der Waals surface area contributed by atoms with Gasteiger partial charge in [0, 0.05) is 0 Å². The van der Waals surface area contributed by atoms with E-state index in [1.807, 2.05) is 12.2 Å². The van der Waals surface area contributed by atoms with Crippen molar-refractivity contribution in [3.8, 4) is 0 Å². The van der Waals surface area contributed by atoms with Crippen molar-refractivity contribution in [2.45, 2.75) is 27.2 Å². The molecule has 0 saturated carbocycles. The maximum absolute atomic E-state index is 3.74. The van der Waals surface area contributed by atoms with Crippen LogP contribution in [0.25, 0.3) is 0 Å². The van der Waals surface area contributed by atoms with Crippen molar-refractivity contribution in [3.05, 3.63) is 57.6 Å². The van der Waals surface area contributed by atoms with Crippen LogP contribution < -0.4 is 0 Å². The summed E-state index contributed by atoms with van der Waals surface area (Å²) in [6.45, 7) is 6.38. The van der Waals surface area contributed by atoms with Crippen molar-refractivity contribution in [1.29, 1.82) is 0 Å². The van der Waals surface area contributed by atoms with Crippen molar-refractivity contribution >= 4 is 0 Å². The standard InChI is InChI=1S/C9H12.C5H5.Fe/c1-7-4-8(2)6-9(3)5-7;1-2-4-5-3-1;/h4-6H,1-3H3;1-3H,4H2;. The van der Waals surface area contributed by atoms with Gasteiger partial charge in [0.25, 0.3) is 0 Å². The second kappa shape index (κ2) is 5.95. The van der Waals surface area contributed by atoms with Crippen LogP contribution in [0.2, 0.25) is 0 Å². The molecule has 15 heavy (non-hydrogen) atoms. The first kappa shape index (κ1) is 12.3. The van der Waals surface area contributed by atoms with Crippen LogP contribution in [-0.2, 0) is 16.0 Å². The average molecular weight is 241 g/mol. The Bertz CT molecular complexity index is 336. The molecule has 0 spiro atoms. The van der Waals surface area contributed by atoms with Crippen molar-refractivity contribution in [2.24, 2.45) is 0 Å². The van der Waals surface area contributed by atoms with E-state index in [9.17, 15) is 0 Å². The first-order valence-corrected chi connectivity index (χ1v) is 5.68. The van der Waals surface area contributed by atoms with Crippen LogP contribution in [0.1, 0.15) is 23.1 Å². The third-order valence-corrected chi connectivity index (χ3v) is 2.49. The number of hydrogen-bond donors (Lipinski definition) is 0. The van der Waals surface area contributed by atoms with E-state index in [0.29, 0.717) is 0 Å². The molecule has 0 nitrogen and oxygen atoms in total. The van der Waals surface area contributed by atoms with Gasteiger partial charge in [-0.15, -0.1) is 0 Å². The van der Waals surface area contributed by atoms with E-state index in [1.165, 1.54) is 21.2 Å². The van der Waals surface area contributed by atoms with Gasteiger partial charge in [-0.05, 0) is 20.8 Å². The van der Waals surface area contributed by atoms with E-state index in [-0.39, 0.29) is 0 Å². The van der Waals surface area contributed by atoms with Gasteiger partial charge in [0.2, 0.25) is 0 Å². The van der Waals surface area contributed by atoms with Gasteiger partial charge in [-0.25, -0.2) is 0 Å². The van der Waals surface area contributed by atoms with Gasteiger partial charge in [0.15, 0.2) is 0 Å². The summed E-state index contributed by atoms with van der Waals surface area (Å²) in [5.74, 6) is 0. The van der Waals surface area contributed by atoms with Gasteiger partial charge in [-0.2, -0.15) is 0 Å². The molecule has 0 bridgehead atoms. The summed E-state index contributed by atoms with van der Waals surface area (Å²) in [6, 6.07) is 6.56. The Hall–Kier alpha value is -0.781. The molecule has 0 N–H and O–H groups in total. The Kier molecular flexibility index (Phi) is 4.87. The Labute approximate surface area is 101 Å². The molecule has 0 saturated heterocycles. The number of hydrogen-bond acceptors (Lipinski definition) is 0. The molecule has 0 radical (unpaired) electrons. The summed E-state index contributed by atoms with van der Waals surface area (Å²) in [5, 5.41) is 0. The summed E-state index contributed by atoms with van der Waals surface area (Å²) >= 11 is 3.74. The fourth-order valence-electron chi connectivity index (χ4n) is 1.62. The molecule has 1 heteroatoms. The van der Waals surface area contributed by atoms with Crippen LogP contribution in [0, 0.1) is 20.8 Å². The van der Waals surface area contributed by atoms with Gasteiger partial charge >= 0.3 is 45.1 Å². The summed E-state index contributed by atoms with van der Waals surface area (Å²) in [7, 11) is 0. The molecule has 0 atom stereocenters. The molecule has 1 aromatic rings. The maximum atomic E-state index is 3.74. The van der Waals surface area contributed by atoms with Gasteiger partial charge in [0.1, 0.15) is 0 Å². The molecule has 1 aromatic carbocycles. The van der Waals surface area contributed by atoms with Crippen LogP contribution in [0.15, 0.2) is 40.9 Å². The second-order valence-electron chi connectivity index (χ2n) is 3.90. The first-order valence-electron chi connectivity index (χ1n) is 5.13. The molecule has 81 valence electrons. The third kappa shape index (κ3) is 5.01. The fraction of sp³-hybridized carbons (Fsp3) is 0.286. The van der Waals surface area contributed by atoms with E-state index in [1.54, 1.807) is 0 Å². The quantitative estimate of drug-likeness (QED) is 0.602. The van der Waals surface area contributed by atoms with Crippen molar-refractivity contribution < 1.29 is 16.0 Å². The summed E-state index contributed by atoms with van der Waals surface area (Å²) < 4.78 is 1.22. The molecule has 0 fully saturated rings. The summed E-state index contributed by atoms with van der Waals surface area (Å²) in [4.78, 5) is 0. The van der Waals surface area contributed by atoms with Crippen molar-refractivity contribution in [2.75, 3.05) is 0 Å². The van der Waals surface area contributed by atoms with E-state index < -0.39 is 0 Å². The van der Waals surface area contributed by atoms with Crippen molar-refractivity contribution in [3.63, 3.8) is 0 Å². The van der Waals surface area contributed by atoms with Gasteiger partial charge in [-0.1, -0.05) is 34.9 Å². The molecule has 2 rings (SSSR count). The molecule has 1 aliphatic carbocycles. The zero-order chi connectivity index (χ0) is 11.3. The minimum atomic E-state index is 1.06. The molecule has 0 amide bonds. The van der Waals surface area contributed by atoms with Crippen LogP contribution >= 0.6 is 0 Å². The Morgan fingerprint density at radius 2 is 1.40 bits per heavy atom. The van der Waals surface area contributed by atoms with Crippen LogP contribution in [0.3, 0.4) is 0 Å². The Morgan fingerprint density at radius 1 is 0.933 bits per heavy atom. The van der Waals surface area contributed by atoms with E-state index >= 15 is 0 Å². The predicted octanol–water partition coefficient (Wildman–Crippen LogP) is 3.99. The zero-order valence-electron chi connectivity index (χ0n) is 9.52. The first-order chi connectivity index (χ1) is 7.08. The molecule has 1 aliphatic rings. The van der Waals surface area contributed by atoms with Crippen molar-refractivity contribution in [1.82, 2.24) is 0 Å². The fourth-order valence-corrected chi connectivity index (χ4v) is 1.85. The second-order valence-corrected chi connectivity index (χ2v) is 4.60. The molecule has 0 unspecified atom stereocenters. The molecule has 0 aliphatic heterocycles. The summed E-state index contributed by atoms with van der Waals surface area (Å²) in [6.07, 6.45) is 7.21. The van der Waals surface area contributed by atoms with E-state index in [2.05, 4.69) is 61.1 Å². The molecule has 0 heterocycles. The SMILES string of the molecule is Cc1cc(C)cc(C)c1.[Fe][C]1=CC=CC1. The van der Waals surface area contributed by atoms with Crippen LogP contribution in [0.4, 0.5) is 0 Å². The predicted molar refractivity (Wildman–Crippen MR) is 62.5 cm³/mol. The third-order valence-electron chi connectivity index (χ3n) is 2.08. The summed E-state index contributed by atoms with van der Waals surface area (Å²) in [5.41, 5.74) is 4.06. The number of allylic oxidation sites excluding steroid dienone is 4. The van der Waals surface area contributed by atoms with Crippen LogP contribution in [-0.4, -0.2) is 0 Å². The molecule has 0 aromatic heterocycles. The monoisotopic (exact) mass is 241 g/mol.